The van der Waals surface area contributed by atoms with Crippen LogP contribution >= 0.6 is 11.3 Å². The largest absolute Gasteiger partial charge is 0.353 e. The zero-order valence-electron chi connectivity index (χ0n) is 19.8. The third-order valence-corrected chi connectivity index (χ3v) is 9.42. The van der Waals surface area contributed by atoms with Crippen LogP contribution in [0, 0.1) is 13.8 Å². The van der Waals surface area contributed by atoms with E-state index in [9.17, 15) is 8.42 Å². The van der Waals surface area contributed by atoms with Gasteiger partial charge in [-0.1, -0.05) is 30.3 Å². The minimum absolute atomic E-state index is 0.441. The zero-order valence-corrected chi connectivity index (χ0v) is 21.4. The summed E-state index contributed by atoms with van der Waals surface area (Å²) in [5.74, 6) is 1.82. The van der Waals surface area contributed by atoms with E-state index in [4.69, 9.17) is 9.97 Å². The van der Waals surface area contributed by atoms with Crippen LogP contribution in [0.25, 0.3) is 16.3 Å². The molecule has 2 fully saturated rings. The smallest absolute Gasteiger partial charge is 0.236 e. The molecule has 34 heavy (non-hydrogen) atoms. The Morgan fingerprint density at radius 1 is 0.971 bits per heavy atom. The van der Waals surface area contributed by atoms with E-state index in [0.29, 0.717) is 26.2 Å². The molecule has 1 aromatic carbocycles. The maximum absolute atomic E-state index is 12.9. The molecule has 0 bridgehead atoms. The number of benzene rings is 1. The molecule has 2 aliphatic heterocycles. The number of fused-ring (bicyclic) bond motifs is 1. The second kappa shape index (κ2) is 9.73. The van der Waals surface area contributed by atoms with Crippen molar-refractivity contribution in [2.45, 2.75) is 33.2 Å². The highest BCUT2D eigenvalue weighted by Crippen LogP contribution is 2.35. The summed E-state index contributed by atoms with van der Waals surface area (Å²) in [6.45, 7) is 9.36. The van der Waals surface area contributed by atoms with Crippen molar-refractivity contribution in [1.82, 2.24) is 19.2 Å². The van der Waals surface area contributed by atoms with Crippen molar-refractivity contribution >= 4 is 43.5 Å². The third-order valence-electron chi connectivity index (χ3n) is 6.75. The molecule has 0 amide bonds. The number of aromatic nitrogens is 2. The fraction of sp³-hybridized carbons (Fsp3) is 0.440. The summed E-state index contributed by atoms with van der Waals surface area (Å²) in [4.78, 5) is 16.9. The Kier molecular flexibility index (Phi) is 6.70. The van der Waals surface area contributed by atoms with E-state index in [1.165, 1.54) is 28.7 Å². The van der Waals surface area contributed by atoms with Crippen LogP contribution < -0.4 is 4.90 Å². The predicted octanol–water partition coefficient (Wildman–Crippen LogP) is 4.03. The van der Waals surface area contributed by atoms with Gasteiger partial charge in [0.1, 0.15) is 16.5 Å². The van der Waals surface area contributed by atoms with Crippen molar-refractivity contribution < 1.29 is 8.42 Å². The molecular weight excluding hydrogens is 466 g/mol. The van der Waals surface area contributed by atoms with Gasteiger partial charge in [0.25, 0.3) is 0 Å². The number of sulfonamides is 1. The monoisotopic (exact) mass is 497 g/mol. The van der Waals surface area contributed by atoms with Gasteiger partial charge in [0, 0.05) is 36.5 Å². The summed E-state index contributed by atoms with van der Waals surface area (Å²) >= 11 is 1.73. The quantitative estimate of drug-likeness (QED) is 0.512. The summed E-state index contributed by atoms with van der Waals surface area (Å²) in [6.07, 6.45) is 4.14. The van der Waals surface area contributed by atoms with E-state index in [0.717, 1.165) is 47.1 Å². The van der Waals surface area contributed by atoms with Crippen molar-refractivity contribution in [3.63, 3.8) is 0 Å². The normalized spacial score (nSPS) is 18.5. The molecule has 0 saturated carbocycles. The van der Waals surface area contributed by atoms with E-state index in [1.807, 2.05) is 30.3 Å². The van der Waals surface area contributed by atoms with Crippen molar-refractivity contribution in [1.29, 1.82) is 0 Å². The van der Waals surface area contributed by atoms with Gasteiger partial charge in [-0.2, -0.15) is 4.31 Å². The lowest BCUT2D eigenvalue weighted by Crippen LogP contribution is -2.48. The zero-order chi connectivity index (χ0) is 23.7. The van der Waals surface area contributed by atoms with Crippen molar-refractivity contribution in [2.75, 3.05) is 44.2 Å². The van der Waals surface area contributed by atoms with Crippen molar-refractivity contribution in [3.05, 3.63) is 57.6 Å². The highest BCUT2D eigenvalue weighted by Gasteiger charge is 2.28. The first-order valence-corrected chi connectivity index (χ1v) is 14.2. The molecule has 0 aliphatic carbocycles. The summed E-state index contributed by atoms with van der Waals surface area (Å²) in [6, 6.07) is 9.52. The van der Waals surface area contributed by atoms with Crippen LogP contribution in [0.4, 0.5) is 5.82 Å². The lowest BCUT2D eigenvalue weighted by molar-refractivity contribution is 0.322. The van der Waals surface area contributed by atoms with Crippen molar-refractivity contribution in [2.24, 2.45) is 0 Å². The van der Waals surface area contributed by atoms with E-state index < -0.39 is 10.0 Å². The first-order valence-electron chi connectivity index (χ1n) is 11.9. The highest BCUT2D eigenvalue weighted by molar-refractivity contribution is 7.92. The Hall–Kier alpha value is -2.33. The molecule has 0 N–H and O–H groups in total. The van der Waals surface area contributed by atoms with Crippen LogP contribution in [-0.2, 0) is 16.6 Å². The predicted molar refractivity (Wildman–Crippen MR) is 140 cm³/mol. The molecule has 3 aromatic rings. The number of thiophene rings is 1. The Morgan fingerprint density at radius 2 is 1.68 bits per heavy atom. The van der Waals surface area contributed by atoms with Crippen LogP contribution in [0.3, 0.4) is 0 Å². The molecule has 2 aliphatic rings. The summed E-state index contributed by atoms with van der Waals surface area (Å²) in [5, 5.41) is 2.44. The molecule has 0 atom stereocenters. The Morgan fingerprint density at radius 3 is 2.38 bits per heavy atom. The molecular formula is C25H31N5O2S2. The number of aryl methyl sites for hydroxylation is 2. The maximum atomic E-state index is 12.9. The van der Waals surface area contributed by atoms with Crippen LogP contribution in [0.2, 0.25) is 0 Å². The molecule has 9 heteroatoms. The minimum atomic E-state index is -3.47. The minimum Gasteiger partial charge on any atom is -0.353 e. The third kappa shape index (κ3) is 4.88. The Bertz CT molecular complexity index is 1290. The summed E-state index contributed by atoms with van der Waals surface area (Å²) in [5.41, 5.74) is 2.10. The van der Waals surface area contributed by atoms with E-state index in [-0.39, 0.29) is 0 Å². The van der Waals surface area contributed by atoms with Gasteiger partial charge in [-0.25, -0.2) is 18.4 Å². The summed E-state index contributed by atoms with van der Waals surface area (Å²) in [7, 11) is -3.47. The number of anilines is 1. The number of nitrogens with zero attached hydrogens (tertiary/aromatic N) is 5. The lowest BCUT2D eigenvalue weighted by atomic mass is 10.2. The standard InChI is InChI=1S/C25H31N5O2S2/c1-19-20(2)33-25-23(19)24(26-22(27-25)18-28-11-6-7-12-28)29-13-15-30(16-14-29)34(31,32)17-10-21-8-4-3-5-9-21/h3-5,8-10,17H,6-7,11-16,18H2,1-2H3/b17-10+. The molecule has 5 rings (SSSR count). The number of piperazine rings is 1. The fourth-order valence-corrected chi connectivity index (χ4v) is 6.90. The first-order chi connectivity index (χ1) is 16.4. The van der Waals surface area contributed by atoms with Gasteiger partial charge < -0.3 is 4.90 Å². The highest BCUT2D eigenvalue weighted by atomic mass is 32.2. The van der Waals surface area contributed by atoms with Crippen LogP contribution in [0.1, 0.15) is 34.7 Å². The van der Waals surface area contributed by atoms with Gasteiger partial charge in [0.15, 0.2) is 0 Å². The van der Waals surface area contributed by atoms with Gasteiger partial charge in [-0.3, -0.25) is 4.90 Å². The lowest BCUT2D eigenvalue weighted by Gasteiger charge is -2.34. The molecule has 4 heterocycles. The van der Waals surface area contributed by atoms with E-state index in [1.54, 1.807) is 21.7 Å². The number of likely N-dealkylation sites (tertiary alicyclic amines) is 1. The second-order valence-corrected chi connectivity index (χ2v) is 12.1. The Labute approximate surface area is 205 Å². The summed E-state index contributed by atoms with van der Waals surface area (Å²) < 4.78 is 27.4. The van der Waals surface area contributed by atoms with Gasteiger partial charge >= 0.3 is 0 Å². The van der Waals surface area contributed by atoms with Crippen molar-refractivity contribution in [3.8, 4) is 0 Å². The van der Waals surface area contributed by atoms with E-state index >= 15 is 0 Å². The van der Waals surface area contributed by atoms with Crippen LogP contribution in [-0.4, -0.2) is 66.9 Å². The Balaban J connectivity index is 1.36. The molecule has 0 unspecified atom stereocenters. The van der Waals surface area contributed by atoms with Gasteiger partial charge in [-0.05, 0) is 57.0 Å². The topological polar surface area (TPSA) is 69.6 Å². The molecule has 180 valence electrons. The molecule has 0 spiro atoms. The van der Waals surface area contributed by atoms with Crippen LogP contribution in [0.15, 0.2) is 35.7 Å². The number of rotatable bonds is 6. The van der Waals surface area contributed by atoms with Gasteiger partial charge in [0.2, 0.25) is 10.0 Å². The first kappa shape index (κ1) is 23.4. The van der Waals surface area contributed by atoms with Gasteiger partial charge in [-0.15, -0.1) is 11.3 Å². The fourth-order valence-electron chi connectivity index (χ4n) is 4.68. The van der Waals surface area contributed by atoms with Crippen LogP contribution in [0.5, 0.6) is 0 Å². The molecule has 0 radical (unpaired) electrons. The average molecular weight is 498 g/mol. The maximum Gasteiger partial charge on any atom is 0.236 e. The van der Waals surface area contributed by atoms with E-state index in [2.05, 4.69) is 23.6 Å². The average Bonchev–Trinajstić information content (AvgIpc) is 3.45. The second-order valence-electron chi connectivity index (χ2n) is 9.05. The SMILES string of the molecule is Cc1sc2nc(CN3CCCC3)nc(N3CCN(S(=O)(=O)/C=C/c4ccccc4)CC3)c2c1C. The van der Waals surface area contributed by atoms with Gasteiger partial charge in [0.05, 0.1) is 11.9 Å². The molecule has 2 saturated heterocycles. The molecule has 2 aromatic heterocycles. The number of hydrogen-bond donors (Lipinski definition) is 0. The number of hydrogen-bond acceptors (Lipinski definition) is 7. The molecule has 7 nitrogen and oxygen atoms in total.